The number of hydrogen-bond donors (Lipinski definition) is 1. The maximum atomic E-state index is 12.2. The Balaban J connectivity index is 1.70. The number of carbonyl (C=O) groups excluding carboxylic acids is 1. The van der Waals surface area contributed by atoms with E-state index in [1.165, 1.54) is 12.8 Å². The second-order valence-corrected chi connectivity index (χ2v) is 8.01. The number of aromatic nitrogens is 2. The minimum Gasteiger partial charge on any atom is -0.354 e. The van der Waals surface area contributed by atoms with Crippen molar-refractivity contribution < 1.29 is 4.79 Å². The van der Waals surface area contributed by atoms with Crippen LogP contribution in [0.2, 0.25) is 0 Å². The first-order chi connectivity index (χ1) is 10.8. The zero-order valence-corrected chi connectivity index (χ0v) is 14.7. The molecule has 1 N–H and O–H groups in total. The molecule has 2 heterocycles. The summed E-state index contributed by atoms with van der Waals surface area (Å²) in [5, 5.41) is 3.20. The minimum absolute atomic E-state index is 0.127. The zero-order valence-electron chi connectivity index (χ0n) is 14.7. The first-order valence-electron chi connectivity index (χ1n) is 8.74. The molecule has 0 radical (unpaired) electrons. The molecule has 3 rings (SSSR count). The van der Waals surface area contributed by atoms with Gasteiger partial charge in [-0.3, -0.25) is 4.79 Å². The van der Waals surface area contributed by atoms with Crippen molar-refractivity contribution in [2.24, 2.45) is 5.41 Å². The van der Waals surface area contributed by atoms with E-state index in [0.29, 0.717) is 5.92 Å². The molecule has 2 fully saturated rings. The maximum Gasteiger partial charge on any atom is 0.225 e. The van der Waals surface area contributed by atoms with E-state index in [1.54, 1.807) is 0 Å². The summed E-state index contributed by atoms with van der Waals surface area (Å²) in [6.45, 7) is 9.75. The Kier molecular flexibility index (Phi) is 4.30. The van der Waals surface area contributed by atoms with Gasteiger partial charge in [-0.1, -0.05) is 20.8 Å². The number of nitrogens with one attached hydrogen (secondary N) is 1. The smallest absolute Gasteiger partial charge is 0.225 e. The maximum absolute atomic E-state index is 12.2. The Morgan fingerprint density at radius 2 is 2.00 bits per heavy atom. The third kappa shape index (κ3) is 4.01. The molecule has 23 heavy (non-hydrogen) atoms. The standard InChI is InChI=1S/C18H28N4O/c1-12-10-15(21-16(19-12)13-7-8-13)22-9-5-6-14(11-22)20-17(23)18(2,3)4/h10,13-14H,5-9,11H2,1-4H3,(H,20,23). The summed E-state index contributed by atoms with van der Waals surface area (Å²) in [6.07, 6.45) is 4.55. The highest BCUT2D eigenvalue weighted by molar-refractivity contribution is 5.81. The molecule has 5 nitrogen and oxygen atoms in total. The van der Waals surface area contributed by atoms with Gasteiger partial charge in [-0.2, -0.15) is 0 Å². The van der Waals surface area contributed by atoms with Gasteiger partial charge in [0.25, 0.3) is 0 Å². The van der Waals surface area contributed by atoms with Crippen LogP contribution in [-0.4, -0.2) is 35.0 Å². The predicted octanol–water partition coefficient (Wildman–Crippen LogP) is 2.79. The Morgan fingerprint density at radius 1 is 1.26 bits per heavy atom. The van der Waals surface area contributed by atoms with Gasteiger partial charge in [-0.25, -0.2) is 9.97 Å². The van der Waals surface area contributed by atoms with Crippen LogP contribution < -0.4 is 10.2 Å². The molecule has 126 valence electrons. The van der Waals surface area contributed by atoms with Crippen molar-refractivity contribution in [3.63, 3.8) is 0 Å². The number of nitrogens with zero attached hydrogens (tertiary/aromatic N) is 3. The van der Waals surface area contributed by atoms with Crippen LogP contribution in [0.3, 0.4) is 0 Å². The van der Waals surface area contributed by atoms with Crippen LogP contribution in [0, 0.1) is 12.3 Å². The average molecular weight is 316 g/mol. The summed E-state index contributed by atoms with van der Waals surface area (Å²) in [5.41, 5.74) is 0.699. The van der Waals surface area contributed by atoms with Crippen molar-refractivity contribution in [3.05, 3.63) is 17.6 Å². The fraction of sp³-hybridized carbons (Fsp3) is 0.722. The molecule has 1 aromatic rings. The lowest BCUT2D eigenvalue weighted by Crippen LogP contribution is -2.50. The first kappa shape index (κ1) is 16.2. The third-order valence-electron chi connectivity index (χ3n) is 4.56. The monoisotopic (exact) mass is 316 g/mol. The van der Waals surface area contributed by atoms with Gasteiger partial charge in [0.2, 0.25) is 5.91 Å². The van der Waals surface area contributed by atoms with Crippen molar-refractivity contribution in [1.82, 2.24) is 15.3 Å². The van der Waals surface area contributed by atoms with Crippen LogP contribution in [0.25, 0.3) is 0 Å². The summed E-state index contributed by atoms with van der Waals surface area (Å²) in [7, 11) is 0. The van der Waals surface area contributed by atoms with E-state index < -0.39 is 0 Å². The summed E-state index contributed by atoms with van der Waals surface area (Å²) in [5.74, 6) is 2.71. The molecule has 0 aromatic carbocycles. The molecule has 2 aliphatic rings. The Bertz CT molecular complexity index is 589. The minimum atomic E-state index is -0.340. The summed E-state index contributed by atoms with van der Waals surface area (Å²) in [4.78, 5) is 23.9. The summed E-state index contributed by atoms with van der Waals surface area (Å²) >= 11 is 0. The van der Waals surface area contributed by atoms with E-state index in [4.69, 9.17) is 4.98 Å². The number of amides is 1. The molecule has 1 aromatic heterocycles. The van der Waals surface area contributed by atoms with Gasteiger partial charge >= 0.3 is 0 Å². The van der Waals surface area contributed by atoms with Crippen LogP contribution in [0.1, 0.15) is 63.9 Å². The van der Waals surface area contributed by atoms with Crippen LogP contribution in [-0.2, 0) is 4.79 Å². The topological polar surface area (TPSA) is 58.1 Å². The van der Waals surface area contributed by atoms with Gasteiger partial charge in [-0.15, -0.1) is 0 Å². The summed E-state index contributed by atoms with van der Waals surface area (Å²) in [6, 6.07) is 2.27. The van der Waals surface area contributed by atoms with E-state index in [9.17, 15) is 4.79 Å². The molecule has 0 bridgehead atoms. The van der Waals surface area contributed by atoms with E-state index in [2.05, 4.69) is 21.3 Å². The molecule has 1 saturated heterocycles. The fourth-order valence-corrected chi connectivity index (χ4v) is 2.97. The molecule has 1 unspecified atom stereocenters. The SMILES string of the molecule is Cc1cc(N2CCCC(NC(=O)C(C)(C)C)C2)nc(C2CC2)n1. The van der Waals surface area contributed by atoms with Crippen molar-refractivity contribution in [3.8, 4) is 0 Å². The Hall–Kier alpha value is -1.65. The van der Waals surface area contributed by atoms with Gasteiger partial charge in [0.05, 0.1) is 0 Å². The lowest BCUT2D eigenvalue weighted by Gasteiger charge is -2.35. The van der Waals surface area contributed by atoms with Crippen molar-refractivity contribution in [1.29, 1.82) is 0 Å². The lowest BCUT2D eigenvalue weighted by atomic mass is 9.94. The average Bonchev–Trinajstić information content (AvgIpc) is 3.30. The molecule has 1 saturated carbocycles. The molecule has 0 spiro atoms. The number of hydrogen-bond acceptors (Lipinski definition) is 4. The number of carbonyl (C=O) groups is 1. The van der Waals surface area contributed by atoms with Crippen LogP contribution in [0.4, 0.5) is 5.82 Å². The number of anilines is 1. The Labute approximate surface area is 138 Å². The molecule has 1 atom stereocenters. The van der Waals surface area contributed by atoms with Crippen molar-refractivity contribution >= 4 is 11.7 Å². The van der Waals surface area contributed by atoms with E-state index in [-0.39, 0.29) is 17.4 Å². The van der Waals surface area contributed by atoms with Gasteiger partial charge in [-0.05, 0) is 32.6 Å². The van der Waals surface area contributed by atoms with Gasteiger partial charge in [0, 0.05) is 42.2 Å². The second kappa shape index (κ2) is 6.10. The molecular weight excluding hydrogens is 288 g/mol. The first-order valence-corrected chi connectivity index (χ1v) is 8.74. The molecule has 1 aliphatic heterocycles. The highest BCUT2D eigenvalue weighted by Gasteiger charge is 2.30. The number of aryl methyl sites for hydroxylation is 1. The highest BCUT2D eigenvalue weighted by atomic mass is 16.2. The largest absolute Gasteiger partial charge is 0.354 e. The van der Waals surface area contributed by atoms with Crippen LogP contribution >= 0.6 is 0 Å². The molecule has 1 aliphatic carbocycles. The van der Waals surface area contributed by atoms with Crippen molar-refractivity contribution in [2.45, 2.75) is 65.3 Å². The predicted molar refractivity (Wildman–Crippen MR) is 91.6 cm³/mol. The van der Waals surface area contributed by atoms with Crippen molar-refractivity contribution in [2.75, 3.05) is 18.0 Å². The van der Waals surface area contributed by atoms with E-state index in [1.807, 2.05) is 27.7 Å². The van der Waals surface area contributed by atoms with Crippen LogP contribution in [0.15, 0.2) is 6.07 Å². The third-order valence-corrected chi connectivity index (χ3v) is 4.56. The van der Waals surface area contributed by atoms with Gasteiger partial charge < -0.3 is 10.2 Å². The van der Waals surface area contributed by atoms with Gasteiger partial charge in [0.15, 0.2) is 0 Å². The summed E-state index contributed by atoms with van der Waals surface area (Å²) < 4.78 is 0. The number of rotatable bonds is 3. The molecule has 1 amide bonds. The normalized spacial score (nSPS) is 22.1. The zero-order chi connectivity index (χ0) is 16.6. The highest BCUT2D eigenvalue weighted by Crippen LogP contribution is 2.38. The lowest BCUT2D eigenvalue weighted by molar-refractivity contribution is -0.129. The molecule has 5 heteroatoms. The fourth-order valence-electron chi connectivity index (χ4n) is 2.97. The quantitative estimate of drug-likeness (QED) is 0.931. The van der Waals surface area contributed by atoms with Gasteiger partial charge in [0.1, 0.15) is 11.6 Å². The van der Waals surface area contributed by atoms with Crippen LogP contribution in [0.5, 0.6) is 0 Å². The number of piperidine rings is 1. The Morgan fingerprint density at radius 3 is 2.65 bits per heavy atom. The van der Waals surface area contributed by atoms with E-state index in [0.717, 1.165) is 43.3 Å². The van der Waals surface area contributed by atoms with E-state index >= 15 is 0 Å². The second-order valence-electron chi connectivity index (χ2n) is 8.01. The molecular formula is C18H28N4O.